The summed E-state index contributed by atoms with van der Waals surface area (Å²) in [5.74, 6) is 3.11. The molecule has 0 aromatic heterocycles. The van der Waals surface area contributed by atoms with Gasteiger partial charge in [0.25, 0.3) is 0 Å². The summed E-state index contributed by atoms with van der Waals surface area (Å²) in [7, 11) is 1.99. The van der Waals surface area contributed by atoms with Gasteiger partial charge in [-0.15, -0.1) is 0 Å². The van der Waals surface area contributed by atoms with E-state index in [1.807, 2.05) is 30.9 Å². The summed E-state index contributed by atoms with van der Waals surface area (Å²) in [5.41, 5.74) is 1.20. The molecule has 1 heterocycles. The molecule has 3 nitrogen and oxygen atoms in total. The van der Waals surface area contributed by atoms with Crippen LogP contribution in [-0.4, -0.2) is 37.9 Å². The van der Waals surface area contributed by atoms with E-state index >= 15 is 0 Å². The van der Waals surface area contributed by atoms with Crippen molar-refractivity contribution in [3.8, 4) is 5.75 Å². The maximum absolute atomic E-state index is 5.91. The van der Waals surface area contributed by atoms with Crippen molar-refractivity contribution in [1.82, 2.24) is 5.32 Å². The molecule has 2 atom stereocenters. The van der Waals surface area contributed by atoms with Gasteiger partial charge in [-0.25, -0.2) is 0 Å². The van der Waals surface area contributed by atoms with Crippen molar-refractivity contribution in [3.05, 3.63) is 29.8 Å². The molecule has 1 aliphatic heterocycles. The van der Waals surface area contributed by atoms with Crippen LogP contribution in [0, 0.1) is 0 Å². The van der Waals surface area contributed by atoms with E-state index in [4.69, 9.17) is 9.47 Å². The maximum Gasteiger partial charge on any atom is 0.124 e. The van der Waals surface area contributed by atoms with E-state index in [0.717, 1.165) is 36.9 Å². The third-order valence-corrected chi connectivity index (χ3v) is 4.26. The van der Waals surface area contributed by atoms with Crippen molar-refractivity contribution in [2.24, 2.45) is 0 Å². The maximum atomic E-state index is 5.91. The molecular weight excluding hydrogens is 258 g/mol. The lowest BCUT2D eigenvalue weighted by Gasteiger charge is -2.31. The quantitative estimate of drug-likeness (QED) is 0.868. The van der Waals surface area contributed by atoms with Gasteiger partial charge in [-0.05, 0) is 19.5 Å². The highest BCUT2D eigenvalue weighted by atomic mass is 32.2. The Bertz CT molecular complexity index is 380. The van der Waals surface area contributed by atoms with Crippen molar-refractivity contribution in [3.63, 3.8) is 0 Å². The first kappa shape index (κ1) is 14.7. The molecule has 106 valence electrons. The van der Waals surface area contributed by atoms with Crippen LogP contribution in [0.1, 0.15) is 24.9 Å². The summed E-state index contributed by atoms with van der Waals surface area (Å²) in [4.78, 5) is 0. The Labute approximate surface area is 120 Å². The van der Waals surface area contributed by atoms with Gasteiger partial charge >= 0.3 is 0 Å². The Morgan fingerprint density at radius 2 is 2.32 bits per heavy atom. The van der Waals surface area contributed by atoms with Crippen LogP contribution in [0.2, 0.25) is 0 Å². The lowest BCUT2D eigenvalue weighted by molar-refractivity contribution is 0.0480. The summed E-state index contributed by atoms with van der Waals surface area (Å²) in [6.07, 6.45) is 1.24. The molecule has 19 heavy (non-hydrogen) atoms. The van der Waals surface area contributed by atoms with Gasteiger partial charge in [-0.3, -0.25) is 0 Å². The van der Waals surface area contributed by atoms with Gasteiger partial charge < -0.3 is 14.8 Å². The Balaban J connectivity index is 2.16. The molecular formula is C15H23NO2S. The van der Waals surface area contributed by atoms with Crippen molar-refractivity contribution in [2.75, 3.05) is 31.8 Å². The molecule has 1 aliphatic rings. The fourth-order valence-corrected chi connectivity index (χ4v) is 3.22. The van der Waals surface area contributed by atoms with Crippen LogP contribution in [0.3, 0.4) is 0 Å². The van der Waals surface area contributed by atoms with Gasteiger partial charge in [0.05, 0.1) is 25.4 Å². The smallest absolute Gasteiger partial charge is 0.124 e. The van der Waals surface area contributed by atoms with Crippen molar-refractivity contribution >= 4 is 11.8 Å². The van der Waals surface area contributed by atoms with E-state index < -0.39 is 0 Å². The largest absolute Gasteiger partial charge is 0.493 e. The molecule has 2 unspecified atom stereocenters. The zero-order chi connectivity index (χ0) is 13.5. The Morgan fingerprint density at radius 1 is 1.47 bits per heavy atom. The van der Waals surface area contributed by atoms with Gasteiger partial charge in [0.15, 0.2) is 0 Å². The molecule has 1 saturated heterocycles. The number of benzene rings is 1. The average Bonchev–Trinajstić information content (AvgIpc) is 2.48. The number of ether oxygens (including phenoxy) is 2. The predicted molar refractivity (Wildman–Crippen MR) is 81.1 cm³/mol. The normalized spacial score (nSPS) is 21.1. The van der Waals surface area contributed by atoms with Gasteiger partial charge in [0, 0.05) is 17.1 Å². The zero-order valence-corrected chi connectivity index (χ0v) is 12.5. The second kappa shape index (κ2) is 7.78. The molecule has 1 aromatic carbocycles. The molecule has 1 aromatic rings. The number of likely N-dealkylation sites (N-methyl/N-ethyl adjacent to an activating group) is 1. The SMILES string of the molecule is CCCOc1ccccc1C(NC)C1CSCCO1. The van der Waals surface area contributed by atoms with Crippen LogP contribution >= 0.6 is 11.8 Å². The summed E-state index contributed by atoms with van der Waals surface area (Å²) < 4.78 is 11.8. The molecule has 0 saturated carbocycles. The van der Waals surface area contributed by atoms with Crippen LogP contribution in [0.5, 0.6) is 5.75 Å². The number of thioether (sulfide) groups is 1. The molecule has 0 radical (unpaired) electrons. The van der Waals surface area contributed by atoms with E-state index in [1.54, 1.807) is 0 Å². The molecule has 0 bridgehead atoms. The Hall–Kier alpha value is -0.710. The minimum atomic E-state index is 0.195. The third-order valence-electron chi connectivity index (χ3n) is 3.24. The minimum absolute atomic E-state index is 0.195. The Morgan fingerprint density at radius 3 is 3.00 bits per heavy atom. The average molecular weight is 281 g/mol. The number of rotatable bonds is 6. The fraction of sp³-hybridized carbons (Fsp3) is 0.600. The van der Waals surface area contributed by atoms with E-state index in [2.05, 4.69) is 24.4 Å². The molecule has 0 spiro atoms. The van der Waals surface area contributed by atoms with Crippen molar-refractivity contribution in [2.45, 2.75) is 25.5 Å². The predicted octanol–water partition coefficient (Wildman–Crippen LogP) is 2.87. The first-order chi connectivity index (χ1) is 9.36. The van der Waals surface area contributed by atoms with E-state index in [0.29, 0.717) is 0 Å². The first-order valence-corrected chi connectivity index (χ1v) is 8.10. The van der Waals surface area contributed by atoms with Gasteiger partial charge in [0.1, 0.15) is 5.75 Å². The molecule has 2 rings (SSSR count). The molecule has 1 fully saturated rings. The summed E-state index contributed by atoms with van der Waals surface area (Å²) in [6.45, 7) is 3.72. The highest BCUT2D eigenvalue weighted by Crippen LogP contribution is 2.31. The third kappa shape index (κ3) is 3.88. The standard InChI is InChI=1S/C15H23NO2S/c1-3-8-17-13-7-5-4-6-12(13)15(16-2)14-11-19-10-9-18-14/h4-7,14-16H,3,8-11H2,1-2H3. The molecule has 0 aliphatic carbocycles. The molecule has 4 heteroatoms. The molecule has 1 N–H and O–H groups in total. The topological polar surface area (TPSA) is 30.5 Å². The van der Waals surface area contributed by atoms with Crippen LogP contribution in [0.4, 0.5) is 0 Å². The molecule has 0 amide bonds. The summed E-state index contributed by atoms with van der Waals surface area (Å²) >= 11 is 1.96. The number of nitrogens with one attached hydrogen (secondary N) is 1. The monoisotopic (exact) mass is 281 g/mol. The summed E-state index contributed by atoms with van der Waals surface area (Å²) in [5, 5.41) is 3.39. The van der Waals surface area contributed by atoms with Crippen LogP contribution in [0.25, 0.3) is 0 Å². The van der Waals surface area contributed by atoms with E-state index in [1.165, 1.54) is 5.56 Å². The Kier molecular flexibility index (Phi) is 6.01. The highest BCUT2D eigenvalue weighted by molar-refractivity contribution is 7.99. The van der Waals surface area contributed by atoms with Crippen LogP contribution in [0.15, 0.2) is 24.3 Å². The highest BCUT2D eigenvalue weighted by Gasteiger charge is 2.27. The van der Waals surface area contributed by atoms with Crippen LogP contribution < -0.4 is 10.1 Å². The van der Waals surface area contributed by atoms with Gasteiger partial charge in [0.2, 0.25) is 0 Å². The van der Waals surface area contributed by atoms with E-state index in [9.17, 15) is 0 Å². The first-order valence-electron chi connectivity index (χ1n) is 6.95. The van der Waals surface area contributed by atoms with Gasteiger partial charge in [-0.2, -0.15) is 11.8 Å². The fourth-order valence-electron chi connectivity index (χ4n) is 2.32. The number of para-hydroxylation sites is 1. The van der Waals surface area contributed by atoms with Crippen LogP contribution in [-0.2, 0) is 4.74 Å². The summed E-state index contributed by atoms with van der Waals surface area (Å²) in [6, 6.07) is 8.47. The number of hydrogen-bond donors (Lipinski definition) is 1. The number of hydrogen-bond acceptors (Lipinski definition) is 4. The van der Waals surface area contributed by atoms with Gasteiger partial charge in [-0.1, -0.05) is 25.1 Å². The lowest BCUT2D eigenvalue weighted by Crippen LogP contribution is -2.36. The zero-order valence-electron chi connectivity index (χ0n) is 11.7. The van der Waals surface area contributed by atoms with E-state index in [-0.39, 0.29) is 12.1 Å². The second-order valence-electron chi connectivity index (χ2n) is 4.64. The lowest BCUT2D eigenvalue weighted by atomic mass is 10.0. The van der Waals surface area contributed by atoms with Crippen molar-refractivity contribution < 1.29 is 9.47 Å². The minimum Gasteiger partial charge on any atom is -0.493 e. The second-order valence-corrected chi connectivity index (χ2v) is 5.79. The van der Waals surface area contributed by atoms with Crippen molar-refractivity contribution in [1.29, 1.82) is 0 Å².